The third-order valence-electron chi connectivity index (χ3n) is 4.34. The van der Waals surface area contributed by atoms with Crippen molar-refractivity contribution < 1.29 is 9.32 Å². The van der Waals surface area contributed by atoms with Crippen LogP contribution in [0.3, 0.4) is 0 Å². The lowest BCUT2D eigenvalue weighted by molar-refractivity contribution is 0.0664. The Morgan fingerprint density at radius 3 is 2.70 bits per heavy atom. The van der Waals surface area contributed by atoms with Crippen molar-refractivity contribution in [2.45, 2.75) is 38.6 Å². The summed E-state index contributed by atoms with van der Waals surface area (Å²) >= 11 is 0. The first kappa shape index (κ1) is 15.3. The van der Waals surface area contributed by atoms with Gasteiger partial charge in [-0.25, -0.2) is 0 Å². The molecule has 0 bridgehead atoms. The summed E-state index contributed by atoms with van der Waals surface area (Å²) < 4.78 is 4.97. The van der Waals surface area contributed by atoms with Crippen LogP contribution in [0.5, 0.6) is 0 Å². The minimum absolute atomic E-state index is 0. The minimum atomic E-state index is 0. The number of aryl methyl sites for hydroxylation is 1. The van der Waals surface area contributed by atoms with Crippen LogP contribution < -0.4 is 5.32 Å². The van der Waals surface area contributed by atoms with E-state index in [0.717, 1.165) is 38.4 Å². The van der Waals surface area contributed by atoms with Crippen molar-refractivity contribution in [2.24, 2.45) is 5.92 Å². The predicted molar refractivity (Wildman–Crippen MR) is 78.1 cm³/mol. The van der Waals surface area contributed by atoms with Crippen molar-refractivity contribution in [3.8, 4) is 0 Å². The van der Waals surface area contributed by atoms with Gasteiger partial charge in [-0.3, -0.25) is 4.79 Å². The first-order valence-electron chi connectivity index (χ1n) is 7.20. The summed E-state index contributed by atoms with van der Waals surface area (Å²) in [5.74, 6) is 1.42. The number of rotatable bonds is 2. The number of hydrogen-bond acceptors (Lipinski definition) is 4. The molecule has 3 rings (SSSR count). The molecular weight excluding hydrogens is 278 g/mol. The maximum atomic E-state index is 12.2. The highest BCUT2D eigenvalue weighted by Crippen LogP contribution is 2.26. The van der Waals surface area contributed by atoms with Gasteiger partial charge in [-0.2, -0.15) is 0 Å². The van der Waals surface area contributed by atoms with Gasteiger partial charge in [0.1, 0.15) is 5.76 Å². The number of aromatic nitrogens is 1. The fourth-order valence-corrected chi connectivity index (χ4v) is 3.25. The van der Waals surface area contributed by atoms with E-state index in [1.165, 1.54) is 12.8 Å². The standard InChI is InChI=1S/C14H21N3O2.ClH/c1-10-9-13(16-19-10)14(18)17-7-4-11(5-8-17)12-3-2-6-15-12;/h9,11-12,15H,2-8H2,1H3;1H. The van der Waals surface area contributed by atoms with Crippen LogP contribution in [0.2, 0.25) is 0 Å². The summed E-state index contributed by atoms with van der Waals surface area (Å²) in [6.07, 6.45) is 4.78. The maximum absolute atomic E-state index is 12.2. The molecule has 1 atom stereocenters. The Labute approximate surface area is 125 Å². The average Bonchev–Trinajstić information content (AvgIpc) is 3.09. The first-order chi connectivity index (χ1) is 9.24. The second-order valence-corrected chi connectivity index (χ2v) is 5.66. The Morgan fingerprint density at radius 2 is 2.15 bits per heavy atom. The fourth-order valence-electron chi connectivity index (χ4n) is 3.25. The van der Waals surface area contributed by atoms with Crippen LogP contribution in [-0.2, 0) is 0 Å². The van der Waals surface area contributed by atoms with E-state index >= 15 is 0 Å². The van der Waals surface area contributed by atoms with E-state index in [1.54, 1.807) is 6.07 Å². The summed E-state index contributed by atoms with van der Waals surface area (Å²) in [7, 11) is 0. The highest BCUT2D eigenvalue weighted by Gasteiger charge is 2.30. The molecule has 1 unspecified atom stereocenters. The number of piperidine rings is 1. The van der Waals surface area contributed by atoms with E-state index in [4.69, 9.17) is 4.52 Å². The molecule has 3 heterocycles. The topological polar surface area (TPSA) is 58.4 Å². The third-order valence-corrected chi connectivity index (χ3v) is 4.34. The molecule has 0 spiro atoms. The zero-order valence-corrected chi connectivity index (χ0v) is 12.6. The second-order valence-electron chi connectivity index (χ2n) is 5.66. The molecule has 1 aromatic rings. The Bertz CT molecular complexity index is 449. The molecule has 0 aromatic carbocycles. The Morgan fingerprint density at radius 1 is 1.40 bits per heavy atom. The van der Waals surface area contributed by atoms with Crippen LogP contribution in [0, 0.1) is 12.8 Å². The molecule has 2 fully saturated rings. The van der Waals surface area contributed by atoms with Gasteiger partial charge in [0.25, 0.3) is 5.91 Å². The number of likely N-dealkylation sites (tertiary alicyclic amines) is 1. The molecule has 2 aliphatic heterocycles. The zero-order valence-electron chi connectivity index (χ0n) is 11.8. The Balaban J connectivity index is 0.00000147. The molecule has 5 nitrogen and oxygen atoms in total. The lowest BCUT2D eigenvalue weighted by Gasteiger charge is -2.34. The molecule has 1 aromatic heterocycles. The number of nitrogens with one attached hydrogen (secondary N) is 1. The largest absolute Gasteiger partial charge is 0.361 e. The van der Waals surface area contributed by atoms with Crippen molar-refractivity contribution >= 4 is 18.3 Å². The smallest absolute Gasteiger partial charge is 0.276 e. The van der Waals surface area contributed by atoms with Crippen LogP contribution in [0.4, 0.5) is 0 Å². The summed E-state index contributed by atoms with van der Waals surface area (Å²) in [5.41, 5.74) is 0.440. The van der Waals surface area contributed by atoms with Gasteiger partial charge in [0.05, 0.1) is 0 Å². The first-order valence-corrected chi connectivity index (χ1v) is 7.20. The minimum Gasteiger partial charge on any atom is -0.361 e. The van der Waals surface area contributed by atoms with E-state index in [1.807, 2.05) is 11.8 Å². The predicted octanol–water partition coefficient (Wildman–Crippen LogP) is 2.01. The van der Waals surface area contributed by atoms with Crippen LogP contribution in [-0.4, -0.2) is 41.6 Å². The SMILES string of the molecule is Cc1cc(C(=O)N2CCC(C3CCCN3)CC2)no1.Cl. The molecule has 6 heteroatoms. The van der Waals surface area contributed by atoms with E-state index in [2.05, 4.69) is 10.5 Å². The van der Waals surface area contributed by atoms with Gasteiger partial charge in [-0.15, -0.1) is 12.4 Å². The highest BCUT2D eigenvalue weighted by molar-refractivity contribution is 5.92. The lowest BCUT2D eigenvalue weighted by atomic mass is 9.88. The second kappa shape index (κ2) is 6.59. The van der Waals surface area contributed by atoms with E-state index < -0.39 is 0 Å². The van der Waals surface area contributed by atoms with Crippen LogP contribution in [0.25, 0.3) is 0 Å². The average molecular weight is 300 g/mol. The summed E-state index contributed by atoms with van der Waals surface area (Å²) in [4.78, 5) is 14.1. The van der Waals surface area contributed by atoms with Crippen LogP contribution >= 0.6 is 12.4 Å². The lowest BCUT2D eigenvalue weighted by Crippen LogP contribution is -2.43. The number of hydrogen-bond donors (Lipinski definition) is 1. The summed E-state index contributed by atoms with van der Waals surface area (Å²) in [6, 6.07) is 2.39. The van der Waals surface area contributed by atoms with Crippen molar-refractivity contribution in [3.63, 3.8) is 0 Å². The molecule has 0 radical (unpaired) electrons. The zero-order chi connectivity index (χ0) is 13.2. The molecular formula is C14H22ClN3O2. The van der Waals surface area contributed by atoms with Gasteiger partial charge < -0.3 is 14.7 Å². The number of carbonyl (C=O) groups is 1. The van der Waals surface area contributed by atoms with Gasteiger partial charge in [0.15, 0.2) is 5.69 Å². The van der Waals surface area contributed by atoms with Gasteiger partial charge in [-0.05, 0) is 45.1 Å². The summed E-state index contributed by atoms with van der Waals surface area (Å²) in [5, 5.41) is 7.38. The van der Waals surface area contributed by atoms with E-state index in [9.17, 15) is 4.79 Å². The number of nitrogens with zero attached hydrogens (tertiary/aromatic N) is 2. The molecule has 112 valence electrons. The fraction of sp³-hybridized carbons (Fsp3) is 0.714. The van der Waals surface area contributed by atoms with Crippen molar-refractivity contribution in [2.75, 3.05) is 19.6 Å². The number of amides is 1. The van der Waals surface area contributed by atoms with Crippen LogP contribution in [0.15, 0.2) is 10.6 Å². The molecule has 0 aliphatic carbocycles. The third kappa shape index (κ3) is 3.15. The van der Waals surface area contributed by atoms with E-state index in [0.29, 0.717) is 17.5 Å². The molecule has 2 saturated heterocycles. The van der Waals surface area contributed by atoms with Crippen molar-refractivity contribution in [3.05, 3.63) is 17.5 Å². The van der Waals surface area contributed by atoms with Crippen LogP contribution in [0.1, 0.15) is 41.9 Å². The molecule has 0 saturated carbocycles. The van der Waals surface area contributed by atoms with Gasteiger partial charge in [-0.1, -0.05) is 5.16 Å². The summed E-state index contributed by atoms with van der Waals surface area (Å²) in [6.45, 7) is 4.64. The maximum Gasteiger partial charge on any atom is 0.276 e. The van der Waals surface area contributed by atoms with Gasteiger partial charge in [0, 0.05) is 25.2 Å². The number of halogens is 1. The Hall–Kier alpha value is -1.07. The molecule has 1 N–H and O–H groups in total. The van der Waals surface area contributed by atoms with E-state index in [-0.39, 0.29) is 18.3 Å². The van der Waals surface area contributed by atoms with Crippen molar-refractivity contribution in [1.29, 1.82) is 0 Å². The van der Waals surface area contributed by atoms with Gasteiger partial charge in [0.2, 0.25) is 0 Å². The molecule has 2 aliphatic rings. The van der Waals surface area contributed by atoms with Crippen molar-refractivity contribution in [1.82, 2.24) is 15.4 Å². The number of carbonyl (C=O) groups excluding carboxylic acids is 1. The van der Waals surface area contributed by atoms with Gasteiger partial charge >= 0.3 is 0 Å². The monoisotopic (exact) mass is 299 g/mol. The molecule has 20 heavy (non-hydrogen) atoms. The highest BCUT2D eigenvalue weighted by atomic mass is 35.5. The Kier molecular flexibility index (Phi) is 5.05. The quantitative estimate of drug-likeness (QED) is 0.907. The molecule has 1 amide bonds. The normalized spacial score (nSPS) is 23.6.